The second kappa shape index (κ2) is 6.67. The summed E-state index contributed by atoms with van der Waals surface area (Å²) < 4.78 is 42.6. The molecule has 0 saturated carbocycles. The summed E-state index contributed by atoms with van der Waals surface area (Å²) in [5.74, 6) is 0.0397. The standard InChI is InChI=1S/C16H16N4O6S/c1-24-14-4-5-15(19-18-14)25-10-6-7-20(9-10)27(22,23)11-2-3-13-12(8-11)17-16(21)26-13/h2-5,8,10H,6-7,9H2,1H3,(H,17,21). The van der Waals surface area contributed by atoms with Crippen LogP contribution in [-0.2, 0) is 10.0 Å². The molecule has 1 fully saturated rings. The van der Waals surface area contributed by atoms with Crippen LogP contribution in [0, 0.1) is 0 Å². The molecular formula is C16H16N4O6S. The van der Waals surface area contributed by atoms with Crippen molar-refractivity contribution in [2.45, 2.75) is 17.4 Å². The Balaban J connectivity index is 1.49. The fourth-order valence-corrected chi connectivity index (χ4v) is 4.42. The van der Waals surface area contributed by atoms with Crippen molar-refractivity contribution in [1.29, 1.82) is 0 Å². The number of aromatic nitrogens is 3. The number of benzene rings is 1. The lowest BCUT2D eigenvalue weighted by Crippen LogP contribution is -2.31. The quantitative estimate of drug-likeness (QED) is 0.674. The third-order valence-corrected chi connectivity index (χ3v) is 6.11. The Morgan fingerprint density at radius 3 is 2.74 bits per heavy atom. The molecule has 2 aromatic heterocycles. The molecule has 0 spiro atoms. The van der Waals surface area contributed by atoms with Gasteiger partial charge >= 0.3 is 5.76 Å². The summed E-state index contributed by atoms with van der Waals surface area (Å²) in [7, 11) is -2.24. The highest BCUT2D eigenvalue weighted by molar-refractivity contribution is 7.89. The minimum Gasteiger partial charge on any atom is -0.480 e. The Hall–Kier alpha value is -2.92. The summed E-state index contributed by atoms with van der Waals surface area (Å²) in [5.41, 5.74) is 0.640. The van der Waals surface area contributed by atoms with Crippen LogP contribution in [0.25, 0.3) is 11.1 Å². The second-order valence-electron chi connectivity index (χ2n) is 5.98. The van der Waals surface area contributed by atoms with Crippen LogP contribution >= 0.6 is 0 Å². The number of nitrogens with zero attached hydrogens (tertiary/aromatic N) is 3. The number of aromatic amines is 1. The van der Waals surface area contributed by atoms with Gasteiger partial charge in [-0.25, -0.2) is 13.2 Å². The number of sulfonamides is 1. The minimum atomic E-state index is -3.72. The molecule has 0 bridgehead atoms. The van der Waals surface area contributed by atoms with Crippen molar-refractivity contribution in [3.05, 3.63) is 40.9 Å². The van der Waals surface area contributed by atoms with Gasteiger partial charge in [0.1, 0.15) is 6.10 Å². The molecule has 3 aromatic rings. The van der Waals surface area contributed by atoms with Crippen LogP contribution in [0.3, 0.4) is 0 Å². The van der Waals surface area contributed by atoms with Crippen molar-refractivity contribution < 1.29 is 22.3 Å². The normalized spacial score (nSPS) is 18.0. The maximum absolute atomic E-state index is 12.9. The molecule has 1 N–H and O–H groups in total. The molecule has 27 heavy (non-hydrogen) atoms. The fraction of sp³-hybridized carbons (Fsp3) is 0.312. The number of fused-ring (bicyclic) bond motifs is 1. The number of hydrogen-bond acceptors (Lipinski definition) is 8. The van der Waals surface area contributed by atoms with E-state index in [1.54, 1.807) is 12.1 Å². The predicted molar refractivity (Wildman–Crippen MR) is 93.2 cm³/mol. The lowest BCUT2D eigenvalue weighted by atomic mass is 10.3. The number of H-pyrrole nitrogens is 1. The van der Waals surface area contributed by atoms with E-state index in [2.05, 4.69) is 15.2 Å². The smallest absolute Gasteiger partial charge is 0.417 e. The molecule has 0 amide bonds. The van der Waals surface area contributed by atoms with Crippen molar-refractivity contribution in [3.63, 3.8) is 0 Å². The van der Waals surface area contributed by atoms with Crippen LogP contribution in [0.15, 0.2) is 44.4 Å². The van der Waals surface area contributed by atoms with Gasteiger partial charge < -0.3 is 13.9 Å². The number of oxazole rings is 1. The van der Waals surface area contributed by atoms with Gasteiger partial charge in [0.05, 0.1) is 24.1 Å². The van der Waals surface area contributed by atoms with Gasteiger partial charge in [0.25, 0.3) is 0 Å². The summed E-state index contributed by atoms with van der Waals surface area (Å²) in [6.45, 7) is 0.506. The van der Waals surface area contributed by atoms with Crippen LogP contribution in [0.4, 0.5) is 0 Å². The van der Waals surface area contributed by atoms with Gasteiger partial charge in [-0.1, -0.05) is 0 Å². The molecule has 1 aliphatic heterocycles. The molecular weight excluding hydrogens is 376 g/mol. The number of nitrogens with one attached hydrogen (secondary N) is 1. The van der Waals surface area contributed by atoms with Crippen LogP contribution in [0.1, 0.15) is 6.42 Å². The van der Waals surface area contributed by atoms with Crippen molar-refractivity contribution in [2.75, 3.05) is 20.2 Å². The van der Waals surface area contributed by atoms with Crippen molar-refractivity contribution >= 4 is 21.1 Å². The van der Waals surface area contributed by atoms with E-state index < -0.39 is 15.8 Å². The molecule has 10 nitrogen and oxygen atoms in total. The molecule has 0 radical (unpaired) electrons. The van der Waals surface area contributed by atoms with Crippen LogP contribution < -0.4 is 15.2 Å². The highest BCUT2D eigenvalue weighted by atomic mass is 32.2. The first kappa shape index (κ1) is 17.5. The number of ether oxygens (including phenoxy) is 2. The Morgan fingerprint density at radius 2 is 2.00 bits per heavy atom. The molecule has 142 valence electrons. The molecule has 3 heterocycles. The molecule has 1 atom stereocenters. The Kier molecular flexibility index (Phi) is 4.32. The molecule has 1 saturated heterocycles. The topological polar surface area (TPSA) is 128 Å². The molecule has 0 aliphatic carbocycles. The highest BCUT2D eigenvalue weighted by Crippen LogP contribution is 2.25. The van der Waals surface area contributed by atoms with Gasteiger partial charge in [0.15, 0.2) is 5.58 Å². The SMILES string of the molecule is COc1ccc(OC2CCN(S(=O)(=O)c3ccc4oc(=O)[nH]c4c3)C2)nn1. The maximum Gasteiger partial charge on any atom is 0.417 e. The zero-order chi connectivity index (χ0) is 19.0. The lowest BCUT2D eigenvalue weighted by molar-refractivity contribution is 0.203. The molecule has 4 rings (SSSR count). The van der Waals surface area contributed by atoms with E-state index in [9.17, 15) is 13.2 Å². The monoisotopic (exact) mass is 392 g/mol. The van der Waals surface area contributed by atoms with Gasteiger partial charge in [-0.2, -0.15) is 4.31 Å². The van der Waals surface area contributed by atoms with Crippen molar-refractivity contribution in [1.82, 2.24) is 19.5 Å². The highest BCUT2D eigenvalue weighted by Gasteiger charge is 2.34. The summed E-state index contributed by atoms with van der Waals surface area (Å²) in [6, 6.07) is 7.49. The first-order chi connectivity index (χ1) is 13.0. The predicted octanol–water partition coefficient (Wildman–Crippen LogP) is 0.762. The van der Waals surface area contributed by atoms with E-state index in [1.807, 2.05) is 0 Å². The van der Waals surface area contributed by atoms with E-state index >= 15 is 0 Å². The summed E-state index contributed by atoms with van der Waals surface area (Å²) >= 11 is 0. The zero-order valence-corrected chi connectivity index (χ0v) is 15.1. The van der Waals surface area contributed by atoms with E-state index in [1.165, 1.54) is 29.6 Å². The maximum atomic E-state index is 12.9. The van der Waals surface area contributed by atoms with Crippen molar-refractivity contribution in [3.8, 4) is 11.8 Å². The van der Waals surface area contributed by atoms with Crippen LogP contribution in [0.2, 0.25) is 0 Å². The van der Waals surface area contributed by atoms with E-state index in [0.29, 0.717) is 35.8 Å². The lowest BCUT2D eigenvalue weighted by Gasteiger charge is -2.17. The third-order valence-electron chi connectivity index (χ3n) is 4.25. The largest absolute Gasteiger partial charge is 0.480 e. The van der Waals surface area contributed by atoms with E-state index in [0.717, 1.165) is 0 Å². The van der Waals surface area contributed by atoms with Crippen LogP contribution in [-0.4, -0.2) is 54.2 Å². The number of methoxy groups -OCH3 is 1. The molecule has 1 aromatic carbocycles. The average Bonchev–Trinajstić information content (AvgIpc) is 3.27. The first-order valence-electron chi connectivity index (χ1n) is 8.13. The first-order valence-corrected chi connectivity index (χ1v) is 9.57. The van der Waals surface area contributed by atoms with Crippen molar-refractivity contribution in [2.24, 2.45) is 0 Å². The van der Waals surface area contributed by atoms with Gasteiger partial charge in [0.2, 0.25) is 21.8 Å². The Labute approximate surface area is 153 Å². The molecule has 1 aliphatic rings. The second-order valence-corrected chi connectivity index (χ2v) is 7.92. The minimum absolute atomic E-state index is 0.0805. The molecule has 11 heteroatoms. The zero-order valence-electron chi connectivity index (χ0n) is 14.3. The Bertz CT molecular complexity index is 1120. The summed E-state index contributed by atoms with van der Waals surface area (Å²) in [5, 5.41) is 7.70. The summed E-state index contributed by atoms with van der Waals surface area (Å²) in [4.78, 5) is 13.8. The average molecular weight is 392 g/mol. The van der Waals surface area contributed by atoms with Gasteiger partial charge in [0, 0.05) is 18.7 Å². The van der Waals surface area contributed by atoms with E-state index in [-0.39, 0.29) is 17.5 Å². The number of hydrogen-bond donors (Lipinski definition) is 1. The summed E-state index contributed by atoms with van der Waals surface area (Å²) in [6.07, 6.45) is 0.192. The van der Waals surface area contributed by atoms with E-state index in [4.69, 9.17) is 13.9 Å². The van der Waals surface area contributed by atoms with Crippen LogP contribution in [0.5, 0.6) is 11.8 Å². The van der Waals surface area contributed by atoms with Gasteiger partial charge in [-0.15, -0.1) is 10.2 Å². The van der Waals surface area contributed by atoms with Gasteiger partial charge in [-0.3, -0.25) is 4.98 Å². The number of rotatable bonds is 5. The molecule has 1 unspecified atom stereocenters. The third kappa shape index (κ3) is 3.38. The Morgan fingerprint density at radius 1 is 1.22 bits per heavy atom. The van der Waals surface area contributed by atoms with Gasteiger partial charge in [-0.05, 0) is 24.6 Å². The fourth-order valence-electron chi connectivity index (χ4n) is 2.90.